The molecule has 0 unspecified atom stereocenters. The minimum absolute atomic E-state index is 0.0326. The van der Waals surface area contributed by atoms with Crippen molar-refractivity contribution in [3.05, 3.63) is 77.1 Å². The number of nitrogens with one attached hydrogen (secondary N) is 1. The van der Waals surface area contributed by atoms with Gasteiger partial charge in [0, 0.05) is 23.2 Å². The molecule has 5 rings (SSSR count). The van der Waals surface area contributed by atoms with E-state index in [1.54, 1.807) is 24.3 Å². The highest BCUT2D eigenvalue weighted by Crippen LogP contribution is 2.48. The fourth-order valence-electron chi connectivity index (χ4n) is 4.42. The second-order valence-corrected chi connectivity index (χ2v) is 10.5. The lowest BCUT2D eigenvalue weighted by Crippen LogP contribution is -2.15. The maximum atomic E-state index is 13.2. The van der Waals surface area contributed by atoms with Crippen LogP contribution < -0.4 is 5.32 Å². The number of alkyl halides is 3. The van der Waals surface area contributed by atoms with E-state index < -0.39 is 11.9 Å². The molecule has 0 bridgehead atoms. The van der Waals surface area contributed by atoms with Gasteiger partial charge in [0.1, 0.15) is 0 Å². The summed E-state index contributed by atoms with van der Waals surface area (Å²) in [7, 11) is 0. The Balaban J connectivity index is 1.25. The molecular formula is C27H28F3N3O. The van der Waals surface area contributed by atoms with Gasteiger partial charge in [0.05, 0.1) is 5.69 Å². The number of hydrogen-bond acceptors (Lipinski definition) is 2. The van der Waals surface area contributed by atoms with Crippen LogP contribution in [0.3, 0.4) is 0 Å². The molecule has 0 radical (unpaired) electrons. The van der Waals surface area contributed by atoms with Crippen LogP contribution in [-0.2, 0) is 16.4 Å². The average Bonchev–Trinajstić information content (AvgIpc) is 3.70. The lowest BCUT2D eigenvalue weighted by atomic mass is 9.86. The van der Waals surface area contributed by atoms with Gasteiger partial charge in [0.2, 0.25) is 5.91 Å². The van der Waals surface area contributed by atoms with E-state index in [1.165, 1.54) is 15.8 Å². The summed E-state index contributed by atoms with van der Waals surface area (Å²) in [5.41, 5.74) is 3.42. The lowest BCUT2D eigenvalue weighted by Gasteiger charge is -2.19. The standard InChI is InChI=1S/C27H28F3N3O/c1-26(2,3)18-8-6-16(7-9-18)21-14-22(21)25(34)31-19-10-12-20(13-11-19)33-23(17-4-5-17)15-24(32-33)27(28,29)30/h6-13,15,17,21-22H,4-5,14H2,1-3H3,(H,31,34)/t21-,22+/m1/s1. The van der Waals surface area contributed by atoms with Crippen LogP contribution in [0.25, 0.3) is 5.69 Å². The summed E-state index contributed by atoms with van der Waals surface area (Å²) >= 11 is 0. The fourth-order valence-corrected chi connectivity index (χ4v) is 4.42. The van der Waals surface area contributed by atoms with Gasteiger partial charge >= 0.3 is 6.18 Å². The van der Waals surface area contributed by atoms with Gasteiger partial charge in [-0.05, 0) is 72.1 Å². The summed E-state index contributed by atoms with van der Waals surface area (Å²) in [6.45, 7) is 6.53. The van der Waals surface area contributed by atoms with Crippen molar-refractivity contribution in [2.45, 2.75) is 63.5 Å². The first kappa shape index (κ1) is 22.7. The number of rotatable bonds is 5. The molecule has 1 amide bonds. The molecule has 0 spiro atoms. The van der Waals surface area contributed by atoms with Crippen LogP contribution in [0.15, 0.2) is 54.6 Å². The van der Waals surface area contributed by atoms with Gasteiger partial charge in [0.15, 0.2) is 5.69 Å². The Morgan fingerprint density at radius 1 is 1.00 bits per heavy atom. The third-order valence-corrected chi connectivity index (χ3v) is 6.73. The molecule has 2 aromatic carbocycles. The zero-order valence-electron chi connectivity index (χ0n) is 19.5. The van der Waals surface area contributed by atoms with Crippen molar-refractivity contribution in [1.82, 2.24) is 9.78 Å². The van der Waals surface area contributed by atoms with Crippen LogP contribution in [0.4, 0.5) is 18.9 Å². The number of amides is 1. The Hall–Kier alpha value is -3.09. The summed E-state index contributed by atoms with van der Waals surface area (Å²) in [6, 6.07) is 16.5. The Kier molecular flexibility index (Phi) is 5.34. The van der Waals surface area contributed by atoms with E-state index in [-0.39, 0.29) is 29.1 Å². The Morgan fingerprint density at radius 3 is 2.21 bits per heavy atom. The van der Waals surface area contributed by atoms with Crippen molar-refractivity contribution in [3.8, 4) is 5.69 Å². The topological polar surface area (TPSA) is 46.9 Å². The molecule has 4 nitrogen and oxygen atoms in total. The second kappa shape index (κ2) is 8.00. The Morgan fingerprint density at radius 2 is 1.65 bits per heavy atom. The summed E-state index contributed by atoms with van der Waals surface area (Å²) in [5, 5.41) is 6.76. The van der Waals surface area contributed by atoms with E-state index in [2.05, 4.69) is 55.5 Å². The van der Waals surface area contributed by atoms with Crippen molar-refractivity contribution < 1.29 is 18.0 Å². The minimum atomic E-state index is -4.48. The van der Waals surface area contributed by atoms with E-state index in [9.17, 15) is 18.0 Å². The Labute approximate surface area is 197 Å². The molecule has 1 heterocycles. The molecule has 3 aromatic rings. The largest absolute Gasteiger partial charge is 0.435 e. The van der Waals surface area contributed by atoms with E-state index in [0.717, 1.165) is 25.3 Å². The normalized spacial score (nSPS) is 20.3. The number of nitrogens with zero attached hydrogens (tertiary/aromatic N) is 2. The SMILES string of the molecule is CC(C)(C)c1ccc([C@H]2C[C@@H]2C(=O)Nc2ccc(-n3nc(C(F)(F)F)cc3C3CC3)cc2)cc1. The highest BCUT2D eigenvalue weighted by atomic mass is 19.4. The van der Waals surface area contributed by atoms with Crippen LogP contribution in [0, 0.1) is 5.92 Å². The molecule has 1 aromatic heterocycles. The molecule has 0 aliphatic heterocycles. The number of anilines is 1. The van der Waals surface area contributed by atoms with Gasteiger partial charge in [0.25, 0.3) is 0 Å². The number of hydrogen-bond donors (Lipinski definition) is 1. The predicted octanol–water partition coefficient (Wildman–Crippen LogP) is 6.81. The van der Waals surface area contributed by atoms with Gasteiger partial charge in [-0.1, -0.05) is 45.0 Å². The molecule has 0 saturated heterocycles. The maximum absolute atomic E-state index is 13.2. The molecule has 2 aliphatic rings. The van der Waals surface area contributed by atoms with Crippen LogP contribution in [0.1, 0.15) is 74.4 Å². The van der Waals surface area contributed by atoms with Crippen LogP contribution >= 0.6 is 0 Å². The van der Waals surface area contributed by atoms with Crippen molar-refractivity contribution in [2.24, 2.45) is 5.92 Å². The van der Waals surface area contributed by atoms with Gasteiger partial charge in [-0.2, -0.15) is 18.3 Å². The van der Waals surface area contributed by atoms with Crippen LogP contribution in [-0.4, -0.2) is 15.7 Å². The second-order valence-electron chi connectivity index (χ2n) is 10.5. The number of carbonyl (C=O) groups is 1. The van der Waals surface area contributed by atoms with E-state index in [0.29, 0.717) is 17.1 Å². The van der Waals surface area contributed by atoms with Crippen LogP contribution in [0.5, 0.6) is 0 Å². The molecule has 1 N–H and O–H groups in total. The van der Waals surface area contributed by atoms with Crippen molar-refractivity contribution in [3.63, 3.8) is 0 Å². The highest BCUT2D eigenvalue weighted by molar-refractivity contribution is 5.95. The molecule has 2 atom stereocenters. The first-order chi connectivity index (χ1) is 16.0. The summed E-state index contributed by atoms with van der Waals surface area (Å²) < 4.78 is 40.9. The zero-order chi connectivity index (χ0) is 24.3. The average molecular weight is 468 g/mol. The number of benzene rings is 2. The highest BCUT2D eigenvalue weighted by Gasteiger charge is 2.44. The summed E-state index contributed by atoms with van der Waals surface area (Å²) in [4.78, 5) is 12.8. The smallest absolute Gasteiger partial charge is 0.326 e. The van der Waals surface area contributed by atoms with Crippen molar-refractivity contribution >= 4 is 11.6 Å². The quantitative estimate of drug-likeness (QED) is 0.448. The third kappa shape index (κ3) is 4.61. The molecule has 2 fully saturated rings. The third-order valence-electron chi connectivity index (χ3n) is 6.73. The first-order valence-electron chi connectivity index (χ1n) is 11.7. The molecule has 2 aliphatic carbocycles. The van der Waals surface area contributed by atoms with Crippen LogP contribution in [0.2, 0.25) is 0 Å². The molecule has 178 valence electrons. The zero-order valence-corrected chi connectivity index (χ0v) is 19.5. The number of aromatic nitrogens is 2. The van der Waals surface area contributed by atoms with Crippen molar-refractivity contribution in [1.29, 1.82) is 0 Å². The molecule has 34 heavy (non-hydrogen) atoms. The summed E-state index contributed by atoms with van der Waals surface area (Å²) in [5.74, 6) is 0.239. The Bertz CT molecular complexity index is 1200. The van der Waals surface area contributed by atoms with E-state index in [1.807, 2.05) is 0 Å². The maximum Gasteiger partial charge on any atom is 0.435 e. The fraction of sp³-hybridized carbons (Fsp3) is 0.407. The van der Waals surface area contributed by atoms with Gasteiger partial charge in [-0.15, -0.1) is 0 Å². The lowest BCUT2D eigenvalue weighted by molar-refractivity contribution is -0.141. The van der Waals surface area contributed by atoms with Gasteiger partial charge in [-0.25, -0.2) is 4.68 Å². The molecule has 2 saturated carbocycles. The van der Waals surface area contributed by atoms with E-state index >= 15 is 0 Å². The van der Waals surface area contributed by atoms with Gasteiger partial charge < -0.3 is 5.32 Å². The molecular weight excluding hydrogens is 439 g/mol. The van der Waals surface area contributed by atoms with E-state index in [4.69, 9.17) is 0 Å². The number of halogens is 3. The minimum Gasteiger partial charge on any atom is -0.326 e. The summed E-state index contributed by atoms with van der Waals surface area (Å²) in [6.07, 6.45) is -1.91. The number of carbonyl (C=O) groups excluding carboxylic acids is 1. The molecule has 7 heteroatoms. The predicted molar refractivity (Wildman–Crippen MR) is 125 cm³/mol. The first-order valence-corrected chi connectivity index (χ1v) is 11.7. The monoisotopic (exact) mass is 467 g/mol. The van der Waals surface area contributed by atoms with Gasteiger partial charge in [-0.3, -0.25) is 4.79 Å². The van der Waals surface area contributed by atoms with Crippen molar-refractivity contribution in [2.75, 3.05) is 5.32 Å².